The maximum atomic E-state index is 9.18. The highest BCUT2D eigenvalue weighted by molar-refractivity contribution is 5.24. The lowest BCUT2D eigenvalue weighted by Gasteiger charge is -2.25. The van der Waals surface area contributed by atoms with Crippen molar-refractivity contribution in [3.05, 3.63) is 35.4 Å². The number of hydrogen-bond acceptors (Lipinski definition) is 2. The van der Waals surface area contributed by atoms with Crippen molar-refractivity contribution < 1.29 is 5.11 Å². The molecule has 0 amide bonds. The molecule has 0 heterocycles. The average molecular weight is 221 g/mol. The summed E-state index contributed by atoms with van der Waals surface area (Å²) in [6.45, 7) is 9.40. The molecule has 0 radical (unpaired) electrons. The van der Waals surface area contributed by atoms with Crippen molar-refractivity contribution in [3.8, 4) is 0 Å². The van der Waals surface area contributed by atoms with Gasteiger partial charge in [-0.2, -0.15) is 0 Å². The standard InChI is InChI=1S/C14H23NO/c1-11-6-5-7-13(8-11)12(2)15-9-14(3,4)10-16/h5-8,12,15-16H,9-10H2,1-4H3. The molecule has 1 atom stereocenters. The fourth-order valence-corrected chi connectivity index (χ4v) is 1.54. The second-order valence-electron chi connectivity index (χ2n) is 5.34. The third-order valence-corrected chi connectivity index (χ3v) is 2.86. The summed E-state index contributed by atoms with van der Waals surface area (Å²) < 4.78 is 0. The second kappa shape index (κ2) is 5.46. The third kappa shape index (κ3) is 3.95. The summed E-state index contributed by atoms with van der Waals surface area (Å²) in [6, 6.07) is 8.85. The van der Waals surface area contributed by atoms with Gasteiger partial charge in [-0.25, -0.2) is 0 Å². The van der Waals surface area contributed by atoms with Crippen LogP contribution in [0.25, 0.3) is 0 Å². The largest absolute Gasteiger partial charge is 0.396 e. The van der Waals surface area contributed by atoms with Crippen LogP contribution in [-0.4, -0.2) is 18.3 Å². The molecule has 16 heavy (non-hydrogen) atoms. The van der Waals surface area contributed by atoms with Crippen LogP contribution in [0, 0.1) is 12.3 Å². The number of aliphatic hydroxyl groups excluding tert-OH is 1. The molecule has 1 aromatic rings. The van der Waals surface area contributed by atoms with E-state index in [0.29, 0.717) is 6.04 Å². The molecule has 0 aliphatic carbocycles. The van der Waals surface area contributed by atoms with Crippen LogP contribution in [0.5, 0.6) is 0 Å². The summed E-state index contributed by atoms with van der Waals surface area (Å²) >= 11 is 0. The van der Waals surface area contributed by atoms with Gasteiger partial charge in [-0.15, -0.1) is 0 Å². The van der Waals surface area contributed by atoms with Gasteiger partial charge in [0.05, 0.1) is 0 Å². The molecule has 0 bridgehead atoms. The van der Waals surface area contributed by atoms with E-state index in [1.165, 1.54) is 11.1 Å². The zero-order chi connectivity index (χ0) is 12.2. The van der Waals surface area contributed by atoms with Crippen LogP contribution in [-0.2, 0) is 0 Å². The number of aryl methyl sites for hydroxylation is 1. The van der Waals surface area contributed by atoms with E-state index < -0.39 is 0 Å². The van der Waals surface area contributed by atoms with Crippen molar-refractivity contribution in [1.82, 2.24) is 5.32 Å². The summed E-state index contributed by atoms with van der Waals surface area (Å²) in [7, 11) is 0. The number of hydrogen-bond donors (Lipinski definition) is 2. The topological polar surface area (TPSA) is 32.3 Å². The molecule has 0 aromatic heterocycles. The van der Waals surface area contributed by atoms with Crippen molar-refractivity contribution in [2.75, 3.05) is 13.2 Å². The minimum absolute atomic E-state index is 0.0575. The molecule has 2 N–H and O–H groups in total. The number of rotatable bonds is 5. The first-order valence-electron chi connectivity index (χ1n) is 5.85. The van der Waals surface area contributed by atoms with Crippen molar-refractivity contribution in [2.24, 2.45) is 5.41 Å². The average Bonchev–Trinajstić information content (AvgIpc) is 2.26. The first-order chi connectivity index (χ1) is 7.44. The van der Waals surface area contributed by atoms with E-state index in [-0.39, 0.29) is 12.0 Å². The lowest BCUT2D eigenvalue weighted by atomic mass is 9.94. The van der Waals surface area contributed by atoms with Crippen LogP contribution < -0.4 is 5.32 Å². The van der Waals surface area contributed by atoms with Crippen LogP contribution in [0.2, 0.25) is 0 Å². The van der Waals surface area contributed by atoms with Crippen LogP contribution in [0.15, 0.2) is 24.3 Å². The van der Waals surface area contributed by atoms with E-state index in [1.54, 1.807) is 0 Å². The van der Waals surface area contributed by atoms with Gasteiger partial charge in [0.25, 0.3) is 0 Å². The van der Waals surface area contributed by atoms with E-state index in [4.69, 9.17) is 0 Å². The van der Waals surface area contributed by atoms with Gasteiger partial charge >= 0.3 is 0 Å². The normalized spacial score (nSPS) is 13.8. The molecule has 0 aliphatic heterocycles. The summed E-state index contributed by atoms with van der Waals surface area (Å²) in [4.78, 5) is 0. The highest BCUT2D eigenvalue weighted by atomic mass is 16.3. The first-order valence-corrected chi connectivity index (χ1v) is 5.85. The van der Waals surface area contributed by atoms with Crippen LogP contribution in [0.4, 0.5) is 0 Å². The summed E-state index contributed by atoms with van der Waals surface area (Å²) in [5, 5.41) is 12.6. The van der Waals surface area contributed by atoms with Crippen LogP contribution in [0.3, 0.4) is 0 Å². The molecule has 90 valence electrons. The molecule has 0 aliphatic rings. The SMILES string of the molecule is Cc1cccc(C(C)NCC(C)(C)CO)c1. The summed E-state index contributed by atoms with van der Waals surface area (Å²) in [6.07, 6.45) is 0. The lowest BCUT2D eigenvalue weighted by Crippen LogP contribution is -2.33. The molecule has 2 nitrogen and oxygen atoms in total. The van der Waals surface area contributed by atoms with Gasteiger partial charge in [0.1, 0.15) is 0 Å². The van der Waals surface area contributed by atoms with Gasteiger partial charge in [0.2, 0.25) is 0 Å². The minimum Gasteiger partial charge on any atom is -0.396 e. The Morgan fingerprint density at radius 1 is 1.38 bits per heavy atom. The first kappa shape index (κ1) is 13.2. The molecule has 1 unspecified atom stereocenters. The van der Waals surface area contributed by atoms with Gasteiger partial charge in [0, 0.05) is 24.6 Å². The molecule has 0 fully saturated rings. The Kier molecular flexibility index (Phi) is 4.51. The molecular weight excluding hydrogens is 198 g/mol. The second-order valence-corrected chi connectivity index (χ2v) is 5.34. The monoisotopic (exact) mass is 221 g/mol. The van der Waals surface area contributed by atoms with E-state index in [9.17, 15) is 5.11 Å². The zero-order valence-electron chi connectivity index (χ0n) is 10.7. The van der Waals surface area contributed by atoms with E-state index >= 15 is 0 Å². The number of nitrogens with one attached hydrogen (secondary N) is 1. The predicted molar refractivity (Wildman–Crippen MR) is 68.5 cm³/mol. The van der Waals surface area contributed by atoms with E-state index in [0.717, 1.165) is 6.54 Å². The third-order valence-electron chi connectivity index (χ3n) is 2.86. The van der Waals surface area contributed by atoms with Gasteiger partial charge in [-0.1, -0.05) is 43.7 Å². The molecule has 0 saturated heterocycles. The Labute approximate surface area is 98.7 Å². The van der Waals surface area contributed by atoms with Crippen molar-refractivity contribution in [3.63, 3.8) is 0 Å². The molecule has 0 saturated carbocycles. The maximum Gasteiger partial charge on any atom is 0.0494 e. The van der Waals surface area contributed by atoms with E-state index in [1.807, 2.05) is 0 Å². The highest BCUT2D eigenvalue weighted by Gasteiger charge is 2.17. The summed E-state index contributed by atoms with van der Waals surface area (Å²) in [5.41, 5.74) is 2.53. The molecule has 2 heteroatoms. The number of benzene rings is 1. The Morgan fingerprint density at radius 3 is 2.62 bits per heavy atom. The summed E-state index contributed by atoms with van der Waals surface area (Å²) in [5.74, 6) is 0. The number of aliphatic hydroxyl groups is 1. The highest BCUT2D eigenvalue weighted by Crippen LogP contribution is 2.17. The van der Waals surface area contributed by atoms with Crippen molar-refractivity contribution in [2.45, 2.75) is 33.7 Å². The fraction of sp³-hybridized carbons (Fsp3) is 0.571. The predicted octanol–water partition coefficient (Wildman–Crippen LogP) is 2.66. The van der Waals surface area contributed by atoms with Crippen molar-refractivity contribution >= 4 is 0 Å². The molecular formula is C14H23NO. The van der Waals surface area contributed by atoms with Gasteiger partial charge in [-0.05, 0) is 19.4 Å². The molecule has 1 aromatic carbocycles. The van der Waals surface area contributed by atoms with Gasteiger partial charge < -0.3 is 10.4 Å². The Balaban J connectivity index is 2.56. The Morgan fingerprint density at radius 2 is 2.06 bits per heavy atom. The van der Waals surface area contributed by atoms with E-state index in [2.05, 4.69) is 57.3 Å². The quantitative estimate of drug-likeness (QED) is 0.801. The minimum atomic E-state index is -0.0575. The Bertz CT molecular complexity index is 333. The molecule has 1 rings (SSSR count). The Hall–Kier alpha value is -0.860. The van der Waals surface area contributed by atoms with Crippen molar-refractivity contribution in [1.29, 1.82) is 0 Å². The fourth-order valence-electron chi connectivity index (χ4n) is 1.54. The van der Waals surface area contributed by atoms with Gasteiger partial charge in [-0.3, -0.25) is 0 Å². The lowest BCUT2D eigenvalue weighted by molar-refractivity contribution is 0.154. The van der Waals surface area contributed by atoms with Crippen LogP contribution >= 0.6 is 0 Å². The zero-order valence-corrected chi connectivity index (χ0v) is 10.7. The van der Waals surface area contributed by atoms with Crippen LogP contribution in [0.1, 0.15) is 37.9 Å². The van der Waals surface area contributed by atoms with Gasteiger partial charge in [0.15, 0.2) is 0 Å². The molecule has 0 spiro atoms. The smallest absolute Gasteiger partial charge is 0.0494 e. The maximum absolute atomic E-state index is 9.18.